The van der Waals surface area contributed by atoms with Crippen molar-refractivity contribution in [1.82, 2.24) is 14.1 Å². The molecule has 204 valence electrons. The van der Waals surface area contributed by atoms with Gasteiger partial charge in [-0.05, 0) is 100 Å². The van der Waals surface area contributed by atoms with E-state index in [0.717, 1.165) is 51.6 Å². The van der Waals surface area contributed by atoms with Gasteiger partial charge in [-0.3, -0.25) is 4.79 Å². The highest BCUT2D eigenvalue weighted by atomic mass is 32.2. The van der Waals surface area contributed by atoms with E-state index in [9.17, 15) is 17.6 Å². The second-order valence-corrected chi connectivity index (χ2v) is 13.8. The maximum Gasteiger partial charge on any atom is 0.243 e. The van der Waals surface area contributed by atoms with Crippen molar-refractivity contribution in [3.8, 4) is 0 Å². The predicted molar refractivity (Wildman–Crippen MR) is 138 cm³/mol. The quantitative estimate of drug-likeness (QED) is 0.535. The van der Waals surface area contributed by atoms with Gasteiger partial charge < -0.3 is 14.5 Å². The first-order valence-electron chi connectivity index (χ1n) is 14.3. The van der Waals surface area contributed by atoms with Crippen molar-refractivity contribution in [2.45, 2.75) is 87.2 Å². The summed E-state index contributed by atoms with van der Waals surface area (Å²) < 4.78 is 49.2. The normalized spacial score (nSPS) is 29.8. The van der Waals surface area contributed by atoms with Gasteiger partial charge in [0, 0.05) is 25.6 Å². The lowest BCUT2D eigenvalue weighted by Gasteiger charge is -2.45. The van der Waals surface area contributed by atoms with Gasteiger partial charge in [-0.25, -0.2) is 12.8 Å². The van der Waals surface area contributed by atoms with Crippen LogP contribution in [-0.4, -0.2) is 85.9 Å². The van der Waals surface area contributed by atoms with Crippen LogP contribution in [0.5, 0.6) is 0 Å². The summed E-state index contributed by atoms with van der Waals surface area (Å²) in [5.41, 5.74) is -0.374. The van der Waals surface area contributed by atoms with E-state index in [-0.39, 0.29) is 28.3 Å². The molecule has 0 bridgehead atoms. The highest BCUT2D eigenvalue weighted by molar-refractivity contribution is 7.89. The lowest BCUT2D eigenvalue weighted by Crippen LogP contribution is -2.59. The van der Waals surface area contributed by atoms with Gasteiger partial charge in [0.05, 0.1) is 30.2 Å². The molecule has 6 rings (SSSR count). The number of hydrogen-bond acceptors (Lipinski definition) is 5. The molecule has 3 heterocycles. The van der Waals surface area contributed by atoms with Crippen LogP contribution in [0.2, 0.25) is 0 Å². The summed E-state index contributed by atoms with van der Waals surface area (Å²) in [6.07, 6.45) is 9.99. The molecule has 1 amide bonds. The molecule has 1 aromatic rings. The van der Waals surface area contributed by atoms with E-state index in [0.29, 0.717) is 31.6 Å². The Morgan fingerprint density at radius 2 is 1.62 bits per heavy atom. The number of rotatable bonds is 7. The number of hydrogen-bond donors (Lipinski definition) is 0. The predicted octanol–water partition coefficient (Wildman–Crippen LogP) is 3.64. The smallest absolute Gasteiger partial charge is 0.243 e. The number of amides is 1. The van der Waals surface area contributed by atoms with E-state index >= 15 is 0 Å². The van der Waals surface area contributed by atoms with Crippen molar-refractivity contribution in [3.63, 3.8) is 0 Å². The Morgan fingerprint density at radius 1 is 0.946 bits per heavy atom. The summed E-state index contributed by atoms with van der Waals surface area (Å²) in [5.74, 6) is -0.00912. The minimum Gasteiger partial charge on any atom is -0.378 e. The number of sulfonamides is 1. The Labute approximate surface area is 220 Å². The average Bonchev–Trinajstić information content (AvgIpc) is 3.85. The molecule has 3 aliphatic heterocycles. The molecule has 2 atom stereocenters. The van der Waals surface area contributed by atoms with Gasteiger partial charge in [-0.15, -0.1) is 0 Å². The summed E-state index contributed by atoms with van der Waals surface area (Å²) in [4.78, 5) is 18.3. The Hall–Kier alpha value is -1.55. The summed E-state index contributed by atoms with van der Waals surface area (Å²) in [6, 6.07) is 5.13. The third-order valence-corrected chi connectivity index (χ3v) is 11.5. The van der Waals surface area contributed by atoms with Crippen LogP contribution in [-0.2, 0) is 19.6 Å². The second-order valence-electron chi connectivity index (χ2n) is 12.0. The first-order valence-corrected chi connectivity index (χ1v) is 15.7. The lowest BCUT2D eigenvalue weighted by atomic mass is 9.89. The van der Waals surface area contributed by atoms with Crippen LogP contribution in [0.1, 0.15) is 64.2 Å². The van der Waals surface area contributed by atoms with E-state index < -0.39 is 15.8 Å². The molecule has 37 heavy (non-hydrogen) atoms. The van der Waals surface area contributed by atoms with Gasteiger partial charge in [-0.1, -0.05) is 6.42 Å². The Morgan fingerprint density at radius 3 is 2.24 bits per heavy atom. The van der Waals surface area contributed by atoms with Crippen LogP contribution in [0.4, 0.5) is 4.39 Å². The molecule has 5 fully saturated rings. The molecule has 2 saturated carbocycles. The fourth-order valence-corrected chi connectivity index (χ4v) is 8.92. The molecule has 0 radical (unpaired) electrons. The van der Waals surface area contributed by atoms with E-state index in [1.807, 2.05) is 4.90 Å². The number of piperidine rings is 2. The zero-order chi connectivity index (χ0) is 25.6. The maximum atomic E-state index is 13.9. The molecule has 2 aliphatic carbocycles. The topological polar surface area (TPSA) is 70.2 Å². The zero-order valence-electron chi connectivity index (χ0n) is 21.7. The molecule has 7 nitrogen and oxygen atoms in total. The van der Waals surface area contributed by atoms with Gasteiger partial charge in [0.15, 0.2) is 0 Å². The number of likely N-dealkylation sites (tertiary alicyclic amines) is 2. The summed E-state index contributed by atoms with van der Waals surface area (Å²) in [7, 11) is -3.85. The van der Waals surface area contributed by atoms with Crippen molar-refractivity contribution in [1.29, 1.82) is 0 Å². The fourth-order valence-electron chi connectivity index (χ4n) is 6.99. The van der Waals surface area contributed by atoms with Crippen LogP contribution in [0.3, 0.4) is 0 Å². The minimum atomic E-state index is -3.85. The van der Waals surface area contributed by atoms with E-state index in [1.54, 1.807) is 4.31 Å². The molecule has 0 unspecified atom stereocenters. The third-order valence-electron chi connectivity index (χ3n) is 9.58. The van der Waals surface area contributed by atoms with E-state index in [1.165, 1.54) is 56.6 Å². The van der Waals surface area contributed by atoms with E-state index in [2.05, 4.69) is 4.90 Å². The molecule has 3 saturated heterocycles. The van der Waals surface area contributed by atoms with Crippen molar-refractivity contribution < 1.29 is 22.3 Å². The fraction of sp³-hybridized carbons (Fsp3) is 0.750. The van der Waals surface area contributed by atoms with Gasteiger partial charge in [0.2, 0.25) is 15.9 Å². The summed E-state index contributed by atoms with van der Waals surface area (Å²) >= 11 is 0. The maximum absolute atomic E-state index is 13.9. The number of benzene rings is 1. The number of halogens is 1. The van der Waals surface area contributed by atoms with Crippen LogP contribution in [0.15, 0.2) is 29.2 Å². The third kappa shape index (κ3) is 5.21. The lowest BCUT2D eigenvalue weighted by molar-refractivity contribution is -0.135. The van der Waals surface area contributed by atoms with Crippen LogP contribution < -0.4 is 0 Å². The van der Waals surface area contributed by atoms with Crippen molar-refractivity contribution in [2.75, 3.05) is 39.4 Å². The van der Waals surface area contributed by atoms with Crippen LogP contribution in [0, 0.1) is 17.2 Å². The Bertz CT molecular complexity index is 1080. The van der Waals surface area contributed by atoms with Gasteiger partial charge >= 0.3 is 0 Å². The molecule has 0 N–H and O–H groups in total. The molecule has 0 spiro atoms. The zero-order valence-corrected chi connectivity index (χ0v) is 22.5. The van der Waals surface area contributed by atoms with Crippen molar-refractivity contribution in [3.05, 3.63) is 30.1 Å². The largest absolute Gasteiger partial charge is 0.378 e. The second kappa shape index (κ2) is 10.2. The number of carbonyl (C=O) groups excluding carboxylic acids is 1. The standard InChI is InChI=1S/C28H40FN3O4S/c29-22-6-8-24(9-7-22)37(34,35)32-25(21-4-5-21)19-36-20-26(32)28(12-13-28)18-27(33)31-16-10-23(11-17-31)30-14-2-1-3-15-30/h6-9,21,23,25-26H,1-5,10-20H2/t25-,26+/m0/s1. The van der Waals surface area contributed by atoms with Gasteiger partial charge in [0.25, 0.3) is 0 Å². The first kappa shape index (κ1) is 25.7. The highest BCUT2D eigenvalue weighted by Crippen LogP contribution is 2.56. The highest BCUT2D eigenvalue weighted by Gasteiger charge is 2.59. The Balaban J connectivity index is 1.17. The molecular formula is C28H40FN3O4S. The molecule has 1 aromatic carbocycles. The Kier molecular flexibility index (Phi) is 7.09. The SMILES string of the molecule is O=C(CC1([C@H]2COC[C@@H](C3CC3)N2S(=O)(=O)c2ccc(F)cc2)CC1)N1CCC(N2CCCCC2)CC1. The number of nitrogens with zero attached hydrogens (tertiary/aromatic N) is 3. The number of carbonyl (C=O) groups is 1. The molecule has 9 heteroatoms. The molecule has 0 aromatic heterocycles. The molecule has 5 aliphatic rings. The van der Waals surface area contributed by atoms with Gasteiger partial charge in [-0.2, -0.15) is 4.31 Å². The van der Waals surface area contributed by atoms with E-state index in [4.69, 9.17) is 4.74 Å². The first-order chi connectivity index (χ1) is 17.9. The number of morpholine rings is 1. The summed E-state index contributed by atoms with van der Waals surface area (Å²) in [5, 5.41) is 0. The van der Waals surface area contributed by atoms with Crippen molar-refractivity contribution in [2.24, 2.45) is 11.3 Å². The summed E-state index contributed by atoms with van der Waals surface area (Å²) in [6.45, 7) is 4.65. The average molecular weight is 534 g/mol. The van der Waals surface area contributed by atoms with Gasteiger partial charge in [0.1, 0.15) is 5.82 Å². The number of ether oxygens (including phenoxy) is 1. The minimum absolute atomic E-state index is 0.119. The molecular weight excluding hydrogens is 493 g/mol. The van der Waals surface area contributed by atoms with Crippen LogP contribution >= 0.6 is 0 Å². The monoisotopic (exact) mass is 533 g/mol. The van der Waals surface area contributed by atoms with Crippen molar-refractivity contribution >= 4 is 15.9 Å². The van der Waals surface area contributed by atoms with Crippen LogP contribution in [0.25, 0.3) is 0 Å².